The molecule has 0 bridgehead atoms. The Morgan fingerprint density at radius 2 is 1.67 bits per heavy atom. The molecule has 0 spiro atoms. The van der Waals surface area contributed by atoms with E-state index in [1.807, 2.05) is 0 Å². The molecule has 1 unspecified atom stereocenters. The molecule has 0 aliphatic rings. The molecule has 4 rings (SSSR count). The minimum atomic E-state index is -4.81. The second-order valence-electron chi connectivity index (χ2n) is 9.62. The van der Waals surface area contributed by atoms with Crippen LogP contribution >= 0.6 is 0 Å². The number of anilines is 1. The lowest BCUT2D eigenvalue weighted by Crippen LogP contribution is -2.35. The fourth-order valence-electron chi connectivity index (χ4n) is 4.49. The lowest BCUT2D eigenvalue weighted by molar-refractivity contribution is -0.141. The van der Waals surface area contributed by atoms with Crippen molar-refractivity contribution in [2.24, 2.45) is 11.6 Å². The molecule has 0 fully saturated rings. The van der Waals surface area contributed by atoms with Crippen LogP contribution in [0.1, 0.15) is 33.0 Å². The zero-order chi connectivity index (χ0) is 33.4. The summed E-state index contributed by atoms with van der Waals surface area (Å²) in [5.74, 6) is 4.41. The van der Waals surface area contributed by atoms with Gasteiger partial charge in [-0.3, -0.25) is 14.0 Å². The molecule has 1 atom stereocenters. The average molecular weight is 656 g/mol. The van der Waals surface area contributed by atoms with Gasteiger partial charge < -0.3 is 15.4 Å². The molecule has 16 heteroatoms. The number of hydrazine groups is 1. The lowest BCUT2D eigenvalue weighted by Gasteiger charge is -2.25. The van der Waals surface area contributed by atoms with Gasteiger partial charge in [-0.15, -0.1) is 0 Å². The predicted octanol–water partition coefficient (Wildman–Crippen LogP) is 5.62. The van der Waals surface area contributed by atoms with Crippen molar-refractivity contribution in [3.63, 3.8) is 0 Å². The fraction of sp³-hybridized carbons (Fsp3) is 0.172. The number of Topliss-reactive ketones (excluding diaryl/α,β-unsaturated/α-hetero) is 1. The first-order valence-electron chi connectivity index (χ1n) is 12.7. The van der Waals surface area contributed by atoms with Gasteiger partial charge in [-0.2, -0.15) is 26.3 Å². The largest absolute Gasteiger partial charge is 0.434 e. The van der Waals surface area contributed by atoms with Crippen LogP contribution in [-0.4, -0.2) is 30.9 Å². The maximum absolute atomic E-state index is 14.9. The Morgan fingerprint density at radius 1 is 1.02 bits per heavy atom. The Hall–Kier alpha value is -4.54. The number of aliphatic hydroxyl groups is 1. The number of ketones is 1. The Morgan fingerprint density at radius 3 is 2.18 bits per heavy atom. The van der Waals surface area contributed by atoms with E-state index < -0.39 is 58.3 Å². The van der Waals surface area contributed by atoms with E-state index in [-0.39, 0.29) is 44.3 Å². The summed E-state index contributed by atoms with van der Waals surface area (Å²) < 4.78 is 108. The molecule has 3 aromatic carbocycles. The molecular formula is C29H24F7N5O3S. The molecule has 1 heterocycles. The monoisotopic (exact) mass is 655 g/mol. The summed E-state index contributed by atoms with van der Waals surface area (Å²) in [7, 11) is -1.73. The van der Waals surface area contributed by atoms with Gasteiger partial charge in [0.05, 0.1) is 34.3 Å². The lowest BCUT2D eigenvalue weighted by atomic mass is 10.0. The van der Waals surface area contributed by atoms with Gasteiger partial charge in [-0.25, -0.2) is 15.2 Å². The van der Waals surface area contributed by atoms with E-state index in [0.717, 1.165) is 34.0 Å². The first kappa shape index (κ1) is 33.4. The van der Waals surface area contributed by atoms with E-state index in [2.05, 4.69) is 4.98 Å². The number of allylic oxidation sites excluding steroid dienone is 1. The van der Waals surface area contributed by atoms with Crippen LogP contribution in [0.3, 0.4) is 0 Å². The number of halogens is 7. The van der Waals surface area contributed by atoms with E-state index in [1.54, 1.807) is 0 Å². The normalized spacial score (nSPS) is 13.2. The van der Waals surface area contributed by atoms with Crippen molar-refractivity contribution in [3.05, 3.63) is 107 Å². The number of aryl methyl sites for hydroxylation is 1. The summed E-state index contributed by atoms with van der Waals surface area (Å²) in [6.45, 7) is 0.548. The number of benzene rings is 3. The van der Waals surface area contributed by atoms with Gasteiger partial charge in [-0.05, 0) is 54.4 Å². The van der Waals surface area contributed by atoms with Crippen molar-refractivity contribution >= 4 is 22.3 Å². The zero-order valence-electron chi connectivity index (χ0n) is 23.4. The highest BCUT2D eigenvalue weighted by atomic mass is 32.2. The van der Waals surface area contributed by atoms with Crippen LogP contribution in [0.4, 0.5) is 36.4 Å². The number of nitrogens with zero attached hydrogens (tertiary/aromatic N) is 3. The van der Waals surface area contributed by atoms with Crippen molar-refractivity contribution < 1.29 is 44.8 Å². The average Bonchev–Trinajstić information content (AvgIpc) is 3.38. The van der Waals surface area contributed by atoms with Gasteiger partial charge in [0.15, 0.2) is 5.69 Å². The van der Waals surface area contributed by atoms with Crippen LogP contribution in [0.15, 0.2) is 77.6 Å². The molecule has 45 heavy (non-hydrogen) atoms. The van der Waals surface area contributed by atoms with Gasteiger partial charge in [0.2, 0.25) is 5.78 Å². The first-order chi connectivity index (χ1) is 21.0. The van der Waals surface area contributed by atoms with Gasteiger partial charge in [-0.1, -0.05) is 18.2 Å². The molecule has 0 aliphatic heterocycles. The minimum Gasteiger partial charge on any atom is -0.403 e. The zero-order valence-corrected chi connectivity index (χ0v) is 24.2. The number of aliphatic hydroxyl groups excluding tert-OH is 1. The molecule has 0 aliphatic carbocycles. The van der Waals surface area contributed by atoms with Gasteiger partial charge >= 0.3 is 12.4 Å². The van der Waals surface area contributed by atoms with Crippen molar-refractivity contribution in [1.29, 1.82) is 0 Å². The van der Waals surface area contributed by atoms with Crippen LogP contribution in [0.5, 0.6) is 0 Å². The molecular weight excluding hydrogens is 631 g/mol. The Balaban J connectivity index is 1.90. The molecule has 0 amide bonds. The smallest absolute Gasteiger partial charge is 0.403 e. The number of rotatable bonds is 8. The summed E-state index contributed by atoms with van der Waals surface area (Å²) in [5, 5.41) is 10.3. The van der Waals surface area contributed by atoms with Crippen LogP contribution in [0, 0.1) is 12.7 Å². The van der Waals surface area contributed by atoms with Crippen molar-refractivity contribution in [2.75, 3.05) is 11.3 Å². The highest BCUT2D eigenvalue weighted by Gasteiger charge is 2.35. The summed E-state index contributed by atoms with van der Waals surface area (Å²) in [6, 6.07) is 9.58. The molecule has 4 aromatic rings. The van der Waals surface area contributed by atoms with Gasteiger partial charge in [0.25, 0.3) is 0 Å². The molecule has 8 nitrogen and oxygen atoms in total. The van der Waals surface area contributed by atoms with Crippen molar-refractivity contribution in [2.45, 2.75) is 30.8 Å². The predicted molar refractivity (Wildman–Crippen MR) is 152 cm³/mol. The third-order valence-corrected chi connectivity index (χ3v) is 7.73. The number of nitrogens with two attached hydrogens (primary N) is 2. The summed E-state index contributed by atoms with van der Waals surface area (Å²) in [6.07, 6.45) is -6.73. The number of imidazole rings is 1. The third kappa shape index (κ3) is 6.77. The van der Waals surface area contributed by atoms with Crippen LogP contribution < -0.4 is 16.6 Å². The molecule has 1 aromatic heterocycles. The van der Waals surface area contributed by atoms with E-state index in [9.17, 15) is 44.8 Å². The SMILES string of the molecule is Cc1nc(C(F)(F)F)cn1-c1ccc(-c2cc(F)c(CO)c(S(C)=O)c2)cc1N(N)/C(=C\N)C(=O)c1ccc(C(F)(F)F)cc1. The fourth-order valence-corrected chi connectivity index (χ4v) is 5.30. The topological polar surface area (TPSA) is 127 Å². The number of hydrogen-bond donors (Lipinski definition) is 3. The summed E-state index contributed by atoms with van der Waals surface area (Å²) in [5.41, 5.74) is 2.74. The first-order valence-corrected chi connectivity index (χ1v) is 14.3. The number of carbonyl (C=O) groups excluding carboxylic acids is 1. The number of alkyl halides is 6. The van der Waals surface area contributed by atoms with Gasteiger partial charge in [0, 0.05) is 34.7 Å². The number of carbonyl (C=O) groups is 1. The maximum Gasteiger partial charge on any atom is 0.434 e. The molecule has 0 radical (unpaired) electrons. The van der Waals surface area contributed by atoms with Crippen LogP contribution in [0.2, 0.25) is 0 Å². The van der Waals surface area contributed by atoms with E-state index in [1.165, 1.54) is 37.4 Å². The van der Waals surface area contributed by atoms with Crippen molar-refractivity contribution in [3.8, 4) is 16.8 Å². The third-order valence-electron chi connectivity index (χ3n) is 6.75. The second kappa shape index (κ2) is 12.5. The van der Waals surface area contributed by atoms with Crippen LogP contribution in [-0.2, 0) is 29.8 Å². The van der Waals surface area contributed by atoms with Crippen molar-refractivity contribution in [1.82, 2.24) is 9.55 Å². The van der Waals surface area contributed by atoms with E-state index >= 15 is 0 Å². The highest BCUT2D eigenvalue weighted by Crippen LogP contribution is 2.36. The van der Waals surface area contributed by atoms with Crippen LogP contribution in [0.25, 0.3) is 16.8 Å². The quantitative estimate of drug-likeness (QED) is 0.0740. The highest BCUT2D eigenvalue weighted by molar-refractivity contribution is 7.84. The number of aromatic nitrogens is 2. The Kier molecular flexibility index (Phi) is 9.23. The van der Waals surface area contributed by atoms with E-state index in [4.69, 9.17) is 11.6 Å². The van der Waals surface area contributed by atoms with E-state index in [0.29, 0.717) is 18.3 Å². The summed E-state index contributed by atoms with van der Waals surface area (Å²) >= 11 is 0. The standard InChI is InChI=1S/C29H24F7N5O3S/c1-15-39-26(29(34,35)36)13-40(15)22-8-5-17(18-9-21(30)20(14-42)25(11-18)45(2)44)10-23(22)41(38)24(12-37)27(43)16-3-6-19(7-4-16)28(31,32)33/h3-13,42H,14,37-38H2,1-2H3/b24-12-. The minimum absolute atomic E-state index is 0.0111. The second-order valence-corrected chi connectivity index (χ2v) is 11.0. The molecule has 0 saturated carbocycles. The Bertz CT molecular complexity index is 1820. The maximum atomic E-state index is 14.9. The molecule has 0 saturated heterocycles. The molecule has 238 valence electrons. The number of hydrogen-bond acceptors (Lipinski definition) is 7. The molecule has 5 N–H and O–H groups in total. The Labute approximate surface area is 253 Å². The summed E-state index contributed by atoms with van der Waals surface area (Å²) in [4.78, 5) is 16.9. The van der Waals surface area contributed by atoms with Gasteiger partial charge in [0.1, 0.15) is 17.3 Å².